The van der Waals surface area contributed by atoms with Crippen LogP contribution in [0.1, 0.15) is 11.3 Å². The van der Waals surface area contributed by atoms with Crippen LogP contribution in [0.15, 0.2) is 57.9 Å². The summed E-state index contributed by atoms with van der Waals surface area (Å²) in [5, 5.41) is 8.22. The predicted octanol–water partition coefficient (Wildman–Crippen LogP) is 3.80. The molecule has 0 unspecified atom stereocenters. The molecule has 1 N–H and O–H groups in total. The van der Waals surface area contributed by atoms with Crippen LogP contribution in [0, 0.1) is 6.92 Å². The summed E-state index contributed by atoms with van der Waals surface area (Å²) in [5.74, 6) is 1.50. The van der Waals surface area contributed by atoms with Gasteiger partial charge in [0.05, 0.1) is 12.8 Å². The van der Waals surface area contributed by atoms with Crippen molar-refractivity contribution in [3.8, 4) is 11.3 Å². The largest absolute Gasteiger partial charge is 0.467 e. The standard InChI is InChI=1S/C17H14N4O2/c1-11-5-2-3-7-13(11)15-14-16(18-9-12-6-4-8-22-12)19-10-20-17(14)23-21-15/h2-8,10H,9H2,1H3,(H,18,19,20). The van der Waals surface area contributed by atoms with E-state index < -0.39 is 0 Å². The van der Waals surface area contributed by atoms with Crippen molar-refractivity contribution in [2.75, 3.05) is 5.32 Å². The Hall–Kier alpha value is -3.15. The van der Waals surface area contributed by atoms with Gasteiger partial charge < -0.3 is 14.3 Å². The van der Waals surface area contributed by atoms with Gasteiger partial charge in [0.2, 0.25) is 0 Å². The average molecular weight is 306 g/mol. The quantitative estimate of drug-likeness (QED) is 0.618. The topological polar surface area (TPSA) is 77.0 Å². The summed E-state index contributed by atoms with van der Waals surface area (Å²) in [6.45, 7) is 2.56. The van der Waals surface area contributed by atoms with Crippen LogP contribution in [0.5, 0.6) is 0 Å². The molecule has 0 aliphatic carbocycles. The van der Waals surface area contributed by atoms with Crippen molar-refractivity contribution in [3.63, 3.8) is 0 Å². The molecule has 0 aliphatic rings. The molecule has 0 spiro atoms. The Kier molecular flexibility index (Phi) is 3.27. The summed E-state index contributed by atoms with van der Waals surface area (Å²) in [6, 6.07) is 11.8. The summed E-state index contributed by atoms with van der Waals surface area (Å²) in [7, 11) is 0. The van der Waals surface area contributed by atoms with Crippen molar-refractivity contribution in [2.24, 2.45) is 0 Å². The van der Waals surface area contributed by atoms with Crippen molar-refractivity contribution < 1.29 is 8.94 Å². The number of furan rings is 1. The molecule has 4 aromatic rings. The monoisotopic (exact) mass is 306 g/mol. The van der Waals surface area contributed by atoms with Crippen molar-refractivity contribution >= 4 is 16.9 Å². The second-order valence-corrected chi connectivity index (χ2v) is 5.18. The number of aryl methyl sites for hydroxylation is 1. The first kappa shape index (κ1) is 13.5. The Bertz CT molecular complexity index is 944. The molecule has 0 bridgehead atoms. The molecule has 1 aromatic carbocycles. The molecule has 0 fully saturated rings. The normalized spacial score (nSPS) is 11.0. The third-order valence-electron chi connectivity index (χ3n) is 3.68. The molecule has 0 atom stereocenters. The number of nitrogens with one attached hydrogen (secondary N) is 1. The van der Waals surface area contributed by atoms with Crippen molar-refractivity contribution in [1.82, 2.24) is 15.1 Å². The lowest BCUT2D eigenvalue weighted by Crippen LogP contribution is -2.01. The van der Waals surface area contributed by atoms with E-state index in [2.05, 4.69) is 20.4 Å². The lowest BCUT2D eigenvalue weighted by molar-refractivity contribution is 0.451. The van der Waals surface area contributed by atoms with Crippen LogP contribution in [-0.2, 0) is 6.54 Å². The van der Waals surface area contributed by atoms with Crippen molar-refractivity contribution in [3.05, 3.63) is 60.3 Å². The summed E-state index contributed by atoms with van der Waals surface area (Å²) < 4.78 is 10.7. The van der Waals surface area contributed by atoms with E-state index in [1.807, 2.05) is 43.3 Å². The van der Waals surface area contributed by atoms with Crippen LogP contribution in [-0.4, -0.2) is 15.1 Å². The first-order chi connectivity index (χ1) is 11.3. The lowest BCUT2D eigenvalue weighted by atomic mass is 10.0. The molecule has 4 rings (SSSR count). The molecular formula is C17H14N4O2. The summed E-state index contributed by atoms with van der Waals surface area (Å²) in [5.41, 5.74) is 3.31. The zero-order chi connectivity index (χ0) is 15.6. The average Bonchev–Trinajstić information content (AvgIpc) is 3.23. The van der Waals surface area contributed by atoms with Crippen LogP contribution < -0.4 is 5.32 Å². The van der Waals surface area contributed by atoms with Gasteiger partial charge in [0.15, 0.2) is 0 Å². The SMILES string of the molecule is Cc1ccccc1-c1noc2ncnc(NCc3ccco3)c12. The maximum Gasteiger partial charge on any atom is 0.263 e. The minimum absolute atomic E-state index is 0.459. The maximum atomic E-state index is 5.37. The van der Waals surface area contributed by atoms with Crippen LogP contribution in [0.25, 0.3) is 22.4 Å². The van der Waals surface area contributed by atoms with Gasteiger partial charge in [-0.2, -0.15) is 4.98 Å². The zero-order valence-corrected chi connectivity index (χ0v) is 12.5. The van der Waals surface area contributed by atoms with E-state index in [4.69, 9.17) is 8.94 Å². The Morgan fingerprint density at radius 2 is 2.00 bits per heavy atom. The smallest absolute Gasteiger partial charge is 0.263 e. The molecule has 0 amide bonds. The Morgan fingerprint density at radius 3 is 2.83 bits per heavy atom. The molecular weight excluding hydrogens is 292 g/mol. The van der Waals surface area contributed by atoms with Gasteiger partial charge in [0, 0.05) is 5.56 Å². The fourth-order valence-electron chi connectivity index (χ4n) is 2.53. The maximum absolute atomic E-state index is 5.37. The molecule has 23 heavy (non-hydrogen) atoms. The van der Waals surface area contributed by atoms with Crippen molar-refractivity contribution in [1.29, 1.82) is 0 Å². The highest BCUT2D eigenvalue weighted by Gasteiger charge is 2.17. The number of benzene rings is 1. The van der Waals surface area contributed by atoms with Gasteiger partial charge in [-0.05, 0) is 24.6 Å². The molecule has 3 heterocycles. The van der Waals surface area contributed by atoms with E-state index in [9.17, 15) is 0 Å². The van der Waals surface area contributed by atoms with Gasteiger partial charge in [-0.3, -0.25) is 0 Å². The van der Waals surface area contributed by atoms with Crippen LogP contribution in [0.2, 0.25) is 0 Å². The van der Waals surface area contributed by atoms with Crippen LogP contribution >= 0.6 is 0 Å². The molecule has 3 aromatic heterocycles. The molecule has 0 saturated heterocycles. The first-order valence-corrected chi connectivity index (χ1v) is 7.25. The van der Waals surface area contributed by atoms with Gasteiger partial charge in [-0.1, -0.05) is 29.4 Å². The highest BCUT2D eigenvalue weighted by Crippen LogP contribution is 2.32. The third-order valence-corrected chi connectivity index (χ3v) is 3.68. The second-order valence-electron chi connectivity index (χ2n) is 5.18. The third kappa shape index (κ3) is 2.44. The number of rotatable bonds is 4. The molecule has 6 heteroatoms. The highest BCUT2D eigenvalue weighted by atomic mass is 16.5. The number of nitrogens with zero attached hydrogens (tertiary/aromatic N) is 3. The van der Waals surface area contributed by atoms with Gasteiger partial charge in [-0.15, -0.1) is 0 Å². The zero-order valence-electron chi connectivity index (χ0n) is 12.5. The van der Waals surface area contributed by atoms with E-state index in [0.29, 0.717) is 18.1 Å². The fraction of sp³-hybridized carbons (Fsp3) is 0.118. The Balaban J connectivity index is 1.79. The predicted molar refractivity (Wildman–Crippen MR) is 85.8 cm³/mol. The number of anilines is 1. The molecule has 6 nitrogen and oxygen atoms in total. The highest BCUT2D eigenvalue weighted by molar-refractivity contribution is 5.98. The van der Waals surface area contributed by atoms with Gasteiger partial charge >= 0.3 is 0 Å². The van der Waals surface area contributed by atoms with E-state index in [1.165, 1.54) is 6.33 Å². The summed E-state index contributed by atoms with van der Waals surface area (Å²) in [4.78, 5) is 8.49. The lowest BCUT2D eigenvalue weighted by Gasteiger charge is -2.06. The van der Waals surface area contributed by atoms with E-state index in [0.717, 1.165) is 28.0 Å². The van der Waals surface area contributed by atoms with Gasteiger partial charge in [0.1, 0.15) is 29.0 Å². The molecule has 0 aliphatic heterocycles. The summed E-state index contributed by atoms with van der Waals surface area (Å²) >= 11 is 0. The summed E-state index contributed by atoms with van der Waals surface area (Å²) in [6.07, 6.45) is 3.10. The van der Waals surface area contributed by atoms with E-state index in [1.54, 1.807) is 6.26 Å². The Morgan fingerprint density at radius 1 is 1.09 bits per heavy atom. The first-order valence-electron chi connectivity index (χ1n) is 7.25. The number of hydrogen-bond donors (Lipinski definition) is 1. The molecule has 0 saturated carbocycles. The number of fused-ring (bicyclic) bond motifs is 1. The van der Waals surface area contributed by atoms with Crippen LogP contribution in [0.4, 0.5) is 5.82 Å². The Labute approximate surface area is 132 Å². The van der Waals surface area contributed by atoms with Crippen LogP contribution in [0.3, 0.4) is 0 Å². The fourth-order valence-corrected chi connectivity index (χ4v) is 2.53. The molecule has 114 valence electrons. The van der Waals surface area contributed by atoms with Crippen molar-refractivity contribution in [2.45, 2.75) is 13.5 Å². The minimum Gasteiger partial charge on any atom is -0.467 e. The number of hydrogen-bond acceptors (Lipinski definition) is 6. The van der Waals surface area contributed by atoms with Gasteiger partial charge in [-0.25, -0.2) is 4.98 Å². The minimum atomic E-state index is 0.459. The van der Waals surface area contributed by atoms with E-state index >= 15 is 0 Å². The number of aromatic nitrogens is 3. The van der Waals surface area contributed by atoms with E-state index in [-0.39, 0.29) is 0 Å². The van der Waals surface area contributed by atoms with Gasteiger partial charge in [0.25, 0.3) is 5.71 Å². The second kappa shape index (κ2) is 5.57. The molecule has 0 radical (unpaired) electrons.